The number of fused-ring (bicyclic) bond motifs is 1. The fraction of sp³-hybridized carbons (Fsp3) is 0.231. The molecular weight excluding hydrogens is 285 g/mol. The number of benzene rings is 1. The molecule has 1 aromatic carbocycles. The molecule has 2 rings (SSSR count). The van der Waals surface area contributed by atoms with Gasteiger partial charge in [0.05, 0.1) is 11.4 Å². The van der Waals surface area contributed by atoms with Gasteiger partial charge < -0.3 is 15.2 Å². The molecular formula is C13H12FNO4S. The van der Waals surface area contributed by atoms with E-state index in [1.807, 2.05) is 0 Å². The molecule has 1 atom stereocenters. The first-order valence-corrected chi connectivity index (χ1v) is 6.56. The number of carbonyl (C=O) groups is 2. The van der Waals surface area contributed by atoms with Crippen LogP contribution in [0.15, 0.2) is 24.3 Å². The number of carboxylic acids is 1. The van der Waals surface area contributed by atoms with Crippen LogP contribution in [0, 0.1) is 5.82 Å². The van der Waals surface area contributed by atoms with Crippen molar-refractivity contribution in [3.05, 3.63) is 35.0 Å². The van der Waals surface area contributed by atoms with Crippen molar-refractivity contribution in [3.63, 3.8) is 0 Å². The van der Waals surface area contributed by atoms with Gasteiger partial charge in [0.15, 0.2) is 6.10 Å². The summed E-state index contributed by atoms with van der Waals surface area (Å²) in [5.74, 6) is -2.00. The number of halogens is 1. The van der Waals surface area contributed by atoms with Gasteiger partial charge in [-0.05, 0) is 18.2 Å². The number of nitrogens with one attached hydrogen (secondary N) is 1. The molecule has 0 fully saturated rings. The summed E-state index contributed by atoms with van der Waals surface area (Å²) in [7, 11) is 1.25. The Labute approximate surface area is 118 Å². The average Bonchev–Trinajstić information content (AvgIpc) is 2.84. The second-order valence-electron chi connectivity index (χ2n) is 4.03. The maximum absolute atomic E-state index is 13.5. The summed E-state index contributed by atoms with van der Waals surface area (Å²) in [4.78, 5) is 23.0. The fourth-order valence-electron chi connectivity index (χ4n) is 1.68. The van der Waals surface area contributed by atoms with Crippen LogP contribution < -0.4 is 5.32 Å². The molecule has 1 heterocycles. The van der Waals surface area contributed by atoms with Crippen molar-refractivity contribution in [3.8, 4) is 0 Å². The van der Waals surface area contributed by atoms with Gasteiger partial charge in [-0.2, -0.15) is 0 Å². The maximum Gasteiger partial charge on any atom is 0.334 e. The molecule has 106 valence electrons. The number of hydrogen-bond donors (Lipinski definition) is 2. The molecule has 7 heteroatoms. The highest BCUT2D eigenvalue weighted by atomic mass is 32.1. The Balaban J connectivity index is 2.12. The minimum absolute atomic E-state index is 0.151. The van der Waals surface area contributed by atoms with E-state index in [9.17, 15) is 14.0 Å². The Morgan fingerprint density at radius 1 is 1.50 bits per heavy atom. The van der Waals surface area contributed by atoms with E-state index >= 15 is 0 Å². The van der Waals surface area contributed by atoms with Crippen molar-refractivity contribution < 1.29 is 23.8 Å². The van der Waals surface area contributed by atoms with Crippen LogP contribution in [0.1, 0.15) is 9.67 Å². The molecule has 0 aliphatic carbocycles. The Morgan fingerprint density at radius 2 is 2.25 bits per heavy atom. The minimum atomic E-state index is -1.16. The third kappa shape index (κ3) is 2.94. The van der Waals surface area contributed by atoms with Crippen molar-refractivity contribution >= 4 is 33.3 Å². The summed E-state index contributed by atoms with van der Waals surface area (Å²) in [5.41, 5.74) is 0. The van der Waals surface area contributed by atoms with Crippen LogP contribution >= 0.6 is 11.3 Å². The van der Waals surface area contributed by atoms with E-state index in [1.165, 1.54) is 19.2 Å². The van der Waals surface area contributed by atoms with Gasteiger partial charge in [-0.15, -0.1) is 11.3 Å². The zero-order chi connectivity index (χ0) is 14.7. The minimum Gasteiger partial charge on any atom is -0.479 e. The van der Waals surface area contributed by atoms with E-state index < -0.39 is 23.8 Å². The molecule has 1 aromatic heterocycles. The molecule has 5 nitrogen and oxygen atoms in total. The summed E-state index contributed by atoms with van der Waals surface area (Å²) in [6.45, 7) is -0.151. The van der Waals surface area contributed by atoms with E-state index in [0.29, 0.717) is 15.0 Å². The highest BCUT2D eigenvalue weighted by Crippen LogP contribution is 2.27. The molecule has 0 aliphatic heterocycles. The zero-order valence-electron chi connectivity index (χ0n) is 10.6. The van der Waals surface area contributed by atoms with E-state index in [0.717, 1.165) is 11.3 Å². The summed E-state index contributed by atoms with van der Waals surface area (Å²) < 4.78 is 18.9. The van der Waals surface area contributed by atoms with E-state index in [1.54, 1.807) is 12.1 Å². The molecule has 0 saturated heterocycles. The molecule has 1 amide bonds. The Hall–Kier alpha value is -1.99. The number of carbonyl (C=O) groups excluding carboxylic acids is 1. The van der Waals surface area contributed by atoms with Crippen LogP contribution in [0.25, 0.3) is 10.1 Å². The zero-order valence-corrected chi connectivity index (χ0v) is 11.4. The summed E-state index contributed by atoms with van der Waals surface area (Å²) in [5, 5.41) is 11.6. The average molecular weight is 297 g/mol. The van der Waals surface area contributed by atoms with Crippen LogP contribution in [-0.4, -0.2) is 36.7 Å². The largest absolute Gasteiger partial charge is 0.479 e. The van der Waals surface area contributed by atoms with Gasteiger partial charge in [0, 0.05) is 17.2 Å². The monoisotopic (exact) mass is 297 g/mol. The second-order valence-corrected chi connectivity index (χ2v) is 5.12. The van der Waals surface area contributed by atoms with Crippen LogP contribution in [0.3, 0.4) is 0 Å². The molecule has 0 saturated carbocycles. The first-order chi connectivity index (χ1) is 9.52. The highest BCUT2D eigenvalue weighted by molar-refractivity contribution is 7.20. The number of carboxylic acid groups (broad SMARTS) is 1. The van der Waals surface area contributed by atoms with Gasteiger partial charge in [0.1, 0.15) is 5.82 Å². The van der Waals surface area contributed by atoms with E-state index in [4.69, 9.17) is 9.84 Å². The first-order valence-electron chi connectivity index (χ1n) is 5.74. The molecule has 0 spiro atoms. The van der Waals surface area contributed by atoms with Crippen LogP contribution in [0.2, 0.25) is 0 Å². The standard InChI is InChI=1S/C13H12FNO4S/c1-19-9(13(17)18)6-15-12(16)11-5-7-8(14)3-2-4-10(7)20-11/h2-5,9H,6H2,1H3,(H,15,16)(H,17,18). The number of thiophene rings is 1. The third-order valence-corrected chi connectivity index (χ3v) is 3.84. The topological polar surface area (TPSA) is 75.6 Å². The number of hydrogen-bond acceptors (Lipinski definition) is 4. The van der Waals surface area contributed by atoms with Crippen molar-refractivity contribution in [2.24, 2.45) is 0 Å². The lowest BCUT2D eigenvalue weighted by Crippen LogP contribution is -2.37. The first kappa shape index (κ1) is 14.4. The quantitative estimate of drug-likeness (QED) is 0.883. The fourth-order valence-corrected chi connectivity index (χ4v) is 2.67. The van der Waals surface area contributed by atoms with Gasteiger partial charge in [-0.25, -0.2) is 9.18 Å². The van der Waals surface area contributed by atoms with Crippen molar-refractivity contribution in [1.29, 1.82) is 0 Å². The smallest absolute Gasteiger partial charge is 0.334 e. The van der Waals surface area contributed by atoms with Gasteiger partial charge in [-0.1, -0.05) is 6.07 Å². The number of methoxy groups -OCH3 is 1. The van der Waals surface area contributed by atoms with Gasteiger partial charge in [0.25, 0.3) is 5.91 Å². The molecule has 2 N–H and O–H groups in total. The lowest BCUT2D eigenvalue weighted by atomic mass is 10.2. The van der Waals surface area contributed by atoms with Crippen LogP contribution in [-0.2, 0) is 9.53 Å². The van der Waals surface area contributed by atoms with Crippen LogP contribution in [0.4, 0.5) is 4.39 Å². The third-order valence-electron chi connectivity index (χ3n) is 2.74. The number of amides is 1. The number of rotatable bonds is 5. The Morgan fingerprint density at radius 3 is 2.85 bits per heavy atom. The van der Waals surface area contributed by atoms with E-state index in [2.05, 4.69) is 5.32 Å². The molecule has 20 heavy (non-hydrogen) atoms. The van der Waals surface area contributed by atoms with Crippen molar-refractivity contribution in [2.75, 3.05) is 13.7 Å². The molecule has 1 unspecified atom stereocenters. The summed E-state index contributed by atoms with van der Waals surface area (Å²) >= 11 is 1.15. The SMILES string of the molecule is COC(CNC(=O)c1cc2c(F)cccc2s1)C(=O)O. The maximum atomic E-state index is 13.5. The van der Waals surface area contributed by atoms with Crippen molar-refractivity contribution in [1.82, 2.24) is 5.32 Å². The second kappa shape index (κ2) is 5.98. The molecule has 0 aliphatic rings. The molecule has 0 bridgehead atoms. The van der Waals surface area contributed by atoms with Gasteiger partial charge >= 0.3 is 5.97 Å². The molecule has 0 radical (unpaired) electrons. The Kier molecular flexibility index (Phi) is 4.31. The molecule has 2 aromatic rings. The lowest BCUT2D eigenvalue weighted by molar-refractivity contribution is -0.148. The predicted molar refractivity (Wildman–Crippen MR) is 72.5 cm³/mol. The van der Waals surface area contributed by atoms with Crippen molar-refractivity contribution in [2.45, 2.75) is 6.10 Å². The normalized spacial score (nSPS) is 12.3. The number of ether oxygens (including phenoxy) is 1. The number of aliphatic carboxylic acids is 1. The highest BCUT2D eigenvalue weighted by Gasteiger charge is 2.19. The van der Waals surface area contributed by atoms with Crippen LogP contribution in [0.5, 0.6) is 0 Å². The summed E-state index contributed by atoms with van der Waals surface area (Å²) in [6, 6.07) is 6.06. The van der Waals surface area contributed by atoms with Gasteiger partial charge in [0.2, 0.25) is 0 Å². The Bertz CT molecular complexity index is 655. The summed E-state index contributed by atoms with van der Waals surface area (Å²) in [6.07, 6.45) is -1.11. The van der Waals surface area contributed by atoms with Gasteiger partial charge in [-0.3, -0.25) is 4.79 Å². The van der Waals surface area contributed by atoms with E-state index in [-0.39, 0.29) is 6.54 Å². The lowest BCUT2D eigenvalue weighted by Gasteiger charge is -2.10. The predicted octanol–water partition coefficient (Wildman–Crippen LogP) is 1.87.